The van der Waals surface area contributed by atoms with Crippen LogP contribution in [-0.2, 0) is 4.74 Å². The van der Waals surface area contributed by atoms with Gasteiger partial charge in [-0.25, -0.2) is 0 Å². The van der Waals surface area contributed by atoms with Gasteiger partial charge in [-0.15, -0.1) is 0 Å². The van der Waals surface area contributed by atoms with Crippen LogP contribution in [0.2, 0.25) is 0 Å². The number of aromatic hydroxyl groups is 3. The van der Waals surface area contributed by atoms with E-state index in [0.29, 0.717) is 0 Å². The highest BCUT2D eigenvalue weighted by Gasteiger charge is 2.43. The molecule has 1 fully saturated rings. The van der Waals surface area contributed by atoms with Crippen LogP contribution < -0.4 is 10.2 Å². The van der Waals surface area contributed by atoms with E-state index in [0.717, 1.165) is 12.1 Å². The van der Waals surface area contributed by atoms with Crippen molar-refractivity contribution in [1.29, 1.82) is 0 Å². The summed E-state index contributed by atoms with van der Waals surface area (Å²) in [5.41, 5.74) is -0.156. The van der Waals surface area contributed by atoms with Gasteiger partial charge in [-0.3, -0.25) is 4.79 Å². The Bertz CT molecular complexity index is 1160. The lowest BCUT2D eigenvalue weighted by atomic mass is 10.00. The lowest BCUT2D eigenvalue weighted by molar-refractivity contribution is -0.268. The van der Waals surface area contributed by atoms with Crippen molar-refractivity contribution in [3.05, 3.63) is 46.6 Å². The maximum atomic E-state index is 12.5. The van der Waals surface area contributed by atoms with Gasteiger partial charge in [0.15, 0.2) is 22.7 Å². The van der Waals surface area contributed by atoms with Crippen molar-refractivity contribution in [2.24, 2.45) is 0 Å². The fourth-order valence-corrected chi connectivity index (χ4v) is 3.34. The quantitative estimate of drug-likeness (QED) is 0.325. The second kappa shape index (κ2) is 7.75. The molecule has 0 amide bonds. The number of phenolic OH excluding ortho intramolecular Hbond substituents is 3. The topological polar surface area (TPSA) is 170 Å². The largest absolute Gasteiger partial charge is 0.504 e. The number of aliphatic hydroxyl groups is 3. The number of ether oxygens (including phenoxy) is 2. The SMILES string of the molecule is C[C@@H]1O[C@H](Oc2ccc3c(=O)cc(-c4cc(O)c(O)c(O)c4)oc3c2)[C@@H](O)[C@@H](O)[C@H]1O. The van der Waals surface area contributed by atoms with Crippen molar-refractivity contribution in [2.45, 2.75) is 37.6 Å². The Kier molecular flexibility index (Phi) is 5.23. The molecule has 10 heteroatoms. The first-order chi connectivity index (χ1) is 14.7. The van der Waals surface area contributed by atoms with Crippen molar-refractivity contribution < 1.29 is 44.5 Å². The molecule has 31 heavy (non-hydrogen) atoms. The molecular weight excluding hydrogens is 412 g/mol. The molecule has 0 aliphatic carbocycles. The third-order valence-corrected chi connectivity index (χ3v) is 5.12. The number of aliphatic hydroxyl groups excluding tert-OH is 3. The molecule has 164 valence electrons. The molecule has 0 radical (unpaired) electrons. The second-order valence-electron chi connectivity index (χ2n) is 7.30. The minimum absolute atomic E-state index is 0.0152. The molecule has 1 aliphatic heterocycles. The van der Waals surface area contributed by atoms with E-state index in [4.69, 9.17) is 13.9 Å². The van der Waals surface area contributed by atoms with Gasteiger partial charge < -0.3 is 44.5 Å². The second-order valence-corrected chi connectivity index (χ2v) is 7.30. The number of phenols is 3. The number of benzene rings is 2. The van der Waals surface area contributed by atoms with Gasteiger partial charge in [0.2, 0.25) is 6.29 Å². The van der Waals surface area contributed by atoms with Gasteiger partial charge in [-0.1, -0.05) is 0 Å². The highest BCUT2D eigenvalue weighted by atomic mass is 16.7. The van der Waals surface area contributed by atoms with Gasteiger partial charge in [0.1, 0.15) is 35.4 Å². The third-order valence-electron chi connectivity index (χ3n) is 5.12. The van der Waals surface area contributed by atoms with Gasteiger partial charge in [0.25, 0.3) is 0 Å². The van der Waals surface area contributed by atoms with E-state index in [1.165, 1.54) is 31.2 Å². The standard InChI is InChI=1S/C21H20O10/c1-8-17(25)19(27)20(28)21(29-8)30-10-2-3-11-12(22)7-15(31-16(11)6-10)9-4-13(23)18(26)14(24)5-9/h2-8,17,19-21,23-28H,1H3/t8-,17-,19-,20-,21+/m0/s1. The van der Waals surface area contributed by atoms with E-state index < -0.39 is 53.4 Å². The van der Waals surface area contributed by atoms with E-state index in [9.17, 15) is 35.4 Å². The van der Waals surface area contributed by atoms with Gasteiger partial charge in [0, 0.05) is 17.7 Å². The van der Waals surface area contributed by atoms with Crippen LogP contribution in [0.4, 0.5) is 0 Å². The first-order valence-corrected chi connectivity index (χ1v) is 9.35. The molecule has 1 saturated heterocycles. The fourth-order valence-electron chi connectivity index (χ4n) is 3.34. The van der Waals surface area contributed by atoms with E-state index in [2.05, 4.69) is 0 Å². The Hall–Kier alpha value is -3.31. The number of hydrogen-bond donors (Lipinski definition) is 6. The van der Waals surface area contributed by atoms with Crippen LogP contribution in [0, 0.1) is 0 Å². The summed E-state index contributed by atoms with van der Waals surface area (Å²) in [6.07, 6.45) is -6.31. The molecule has 4 rings (SSSR count). The molecule has 10 nitrogen and oxygen atoms in total. The predicted molar refractivity (Wildman–Crippen MR) is 106 cm³/mol. The maximum Gasteiger partial charge on any atom is 0.229 e. The molecule has 0 bridgehead atoms. The van der Waals surface area contributed by atoms with Crippen LogP contribution >= 0.6 is 0 Å². The summed E-state index contributed by atoms with van der Waals surface area (Å²) in [6, 6.07) is 7.69. The minimum Gasteiger partial charge on any atom is -0.504 e. The lowest BCUT2D eigenvalue weighted by Crippen LogP contribution is -2.58. The van der Waals surface area contributed by atoms with Crippen molar-refractivity contribution in [3.63, 3.8) is 0 Å². The van der Waals surface area contributed by atoms with Crippen LogP contribution in [-0.4, -0.2) is 61.3 Å². The lowest BCUT2D eigenvalue weighted by Gasteiger charge is -2.38. The van der Waals surface area contributed by atoms with Crippen molar-refractivity contribution in [2.75, 3.05) is 0 Å². The Balaban J connectivity index is 1.70. The van der Waals surface area contributed by atoms with Crippen LogP contribution in [0.5, 0.6) is 23.0 Å². The number of fused-ring (bicyclic) bond motifs is 1. The van der Waals surface area contributed by atoms with Crippen molar-refractivity contribution in [3.8, 4) is 34.3 Å². The first-order valence-electron chi connectivity index (χ1n) is 9.35. The van der Waals surface area contributed by atoms with Crippen LogP contribution in [0.15, 0.2) is 45.6 Å². The highest BCUT2D eigenvalue weighted by molar-refractivity contribution is 5.80. The summed E-state index contributed by atoms with van der Waals surface area (Å²) in [5.74, 6) is -1.71. The van der Waals surface area contributed by atoms with E-state index >= 15 is 0 Å². The molecule has 2 aromatic carbocycles. The summed E-state index contributed by atoms with van der Waals surface area (Å²) >= 11 is 0. The molecular formula is C21H20O10. The van der Waals surface area contributed by atoms with Gasteiger partial charge in [0.05, 0.1) is 11.5 Å². The highest BCUT2D eigenvalue weighted by Crippen LogP contribution is 2.39. The monoisotopic (exact) mass is 432 g/mol. The smallest absolute Gasteiger partial charge is 0.229 e. The molecule has 3 aromatic rings. The van der Waals surface area contributed by atoms with Crippen LogP contribution in [0.3, 0.4) is 0 Å². The summed E-state index contributed by atoms with van der Waals surface area (Å²) < 4.78 is 16.7. The molecule has 6 N–H and O–H groups in total. The first kappa shape index (κ1) is 20.9. The third kappa shape index (κ3) is 3.77. The number of hydrogen-bond acceptors (Lipinski definition) is 10. The Labute approximate surface area is 174 Å². The van der Waals surface area contributed by atoms with Gasteiger partial charge in [-0.2, -0.15) is 0 Å². The minimum atomic E-state index is -1.51. The van der Waals surface area contributed by atoms with Crippen molar-refractivity contribution in [1.82, 2.24) is 0 Å². The summed E-state index contributed by atoms with van der Waals surface area (Å²) in [6.45, 7) is 1.52. The van der Waals surface area contributed by atoms with Gasteiger partial charge >= 0.3 is 0 Å². The molecule has 0 saturated carbocycles. The molecule has 2 heterocycles. The van der Waals surface area contributed by atoms with E-state index in [1.807, 2.05) is 0 Å². The number of rotatable bonds is 3. The fraction of sp³-hybridized carbons (Fsp3) is 0.286. The summed E-state index contributed by atoms with van der Waals surface area (Å²) in [7, 11) is 0. The molecule has 1 aromatic heterocycles. The van der Waals surface area contributed by atoms with E-state index in [-0.39, 0.29) is 28.0 Å². The molecule has 0 unspecified atom stereocenters. The predicted octanol–water partition coefficient (Wildman–Crippen LogP) is 0.783. The zero-order chi connectivity index (χ0) is 22.4. The zero-order valence-electron chi connectivity index (χ0n) is 16.2. The normalized spacial score (nSPS) is 26.1. The Morgan fingerprint density at radius 1 is 0.903 bits per heavy atom. The van der Waals surface area contributed by atoms with Crippen LogP contribution in [0.1, 0.15) is 6.92 Å². The average Bonchev–Trinajstić information content (AvgIpc) is 2.73. The van der Waals surface area contributed by atoms with Crippen LogP contribution in [0.25, 0.3) is 22.3 Å². The summed E-state index contributed by atoms with van der Waals surface area (Å²) in [4.78, 5) is 12.5. The Morgan fingerprint density at radius 3 is 2.26 bits per heavy atom. The summed E-state index contributed by atoms with van der Waals surface area (Å²) in [5, 5.41) is 58.9. The van der Waals surface area contributed by atoms with E-state index in [1.54, 1.807) is 0 Å². The van der Waals surface area contributed by atoms with Gasteiger partial charge in [-0.05, 0) is 31.2 Å². The molecule has 0 spiro atoms. The maximum absolute atomic E-state index is 12.5. The average molecular weight is 432 g/mol. The molecule has 1 aliphatic rings. The zero-order valence-corrected chi connectivity index (χ0v) is 16.2. The Morgan fingerprint density at radius 2 is 1.58 bits per heavy atom. The molecule has 5 atom stereocenters. The van der Waals surface area contributed by atoms with Crippen molar-refractivity contribution >= 4 is 11.0 Å².